The molecule has 1 N–H and O–H groups in total. The summed E-state index contributed by atoms with van der Waals surface area (Å²) in [6.45, 7) is 1.33. The predicted molar refractivity (Wildman–Crippen MR) is 150 cm³/mol. The highest BCUT2D eigenvalue weighted by atomic mass is 32.1. The van der Waals surface area contributed by atoms with E-state index in [-0.39, 0.29) is 17.7 Å². The Bertz CT molecular complexity index is 1270. The maximum atomic E-state index is 13.2. The quantitative estimate of drug-likeness (QED) is 0.282. The highest BCUT2D eigenvalue weighted by Gasteiger charge is 2.33. The lowest BCUT2D eigenvalue weighted by molar-refractivity contribution is -0.129. The lowest BCUT2D eigenvalue weighted by Crippen LogP contribution is -2.42. The summed E-state index contributed by atoms with van der Waals surface area (Å²) in [6.07, 6.45) is 3.19. The number of benzene rings is 3. The van der Waals surface area contributed by atoms with Crippen molar-refractivity contribution >= 4 is 23.2 Å². The predicted octanol–water partition coefficient (Wildman–Crippen LogP) is 6.09. The van der Waals surface area contributed by atoms with Gasteiger partial charge in [0.15, 0.2) is 0 Å². The second kappa shape index (κ2) is 12.0. The van der Waals surface area contributed by atoms with E-state index < -0.39 is 6.04 Å². The van der Waals surface area contributed by atoms with Gasteiger partial charge in [0.2, 0.25) is 5.91 Å². The van der Waals surface area contributed by atoms with Crippen LogP contribution in [0.1, 0.15) is 50.7 Å². The van der Waals surface area contributed by atoms with E-state index in [0.717, 1.165) is 24.8 Å². The largest absolute Gasteiger partial charge is 0.341 e. The molecule has 0 bridgehead atoms. The molecule has 188 valence electrons. The minimum Gasteiger partial charge on any atom is -0.341 e. The second-order valence-corrected chi connectivity index (χ2v) is 10.6. The van der Waals surface area contributed by atoms with Crippen molar-refractivity contribution in [2.24, 2.45) is 0 Å². The topological polar surface area (TPSA) is 49.4 Å². The van der Waals surface area contributed by atoms with Crippen LogP contribution in [0.3, 0.4) is 0 Å². The van der Waals surface area contributed by atoms with Crippen molar-refractivity contribution in [2.45, 2.75) is 37.6 Å². The van der Waals surface area contributed by atoms with Crippen molar-refractivity contribution in [2.75, 3.05) is 13.1 Å². The van der Waals surface area contributed by atoms with Crippen LogP contribution in [0.2, 0.25) is 0 Å². The van der Waals surface area contributed by atoms with Gasteiger partial charge >= 0.3 is 0 Å². The van der Waals surface area contributed by atoms with E-state index >= 15 is 0 Å². The zero-order chi connectivity index (χ0) is 25.5. The standard InChI is InChI=1S/C32H32N2O2S/c35-31(29-16-8-7-14-26(29)17-18-27-15-9-23-37-27)33-30-20-22-34(32(30)36)21-19-28(24-10-3-1-4-11-24)25-12-5-2-6-13-25/h1-16,23,28,30H,17-22H2,(H,33,35). The zero-order valence-corrected chi connectivity index (χ0v) is 21.7. The van der Waals surface area contributed by atoms with Crippen LogP contribution in [0.25, 0.3) is 0 Å². The van der Waals surface area contributed by atoms with Gasteiger partial charge in [-0.1, -0.05) is 84.9 Å². The monoisotopic (exact) mass is 508 g/mol. The first-order chi connectivity index (χ1) is 18.2. The molecular formula is C32H32N2O2S. The summed E-state index contributed by atoms with van der Waals surface area (Å²) in [7, 11) is 0. The SMILES string of the molecule is O=C(NC1CCN(CCC(c2ccccc2)c2ccccc2)C1=O)c1ccccc1CCc1cccs1. The summed E-state index contributed by atoms with van der Waals surface area (Å²) in [5.74, 6) is 0.0804. The third-order valence-corrected chi connectivity index (χ3v) is 8.11. The van der Waals surface area contributed by atoms with Crippen LogP contribution in [0, 0.1) is 0 Å². The minimum absolute atomic E-state index is 0.0179. The van der Waals surface area contributed by atoms with E-state index in [0.29, 0.717) is 25.1 Å². The molecule has 5 rings (SSSR count). The Balaban J connectivity index is 1.21. The number of carbonyl (C=O) groups excluding carboxylic acids is 2. The maximum Gasteiger partial charge on any atom is 0.252 e. The smallest absolute Gasteiger partial charge is 0.252 e. The van der Waals surface area contributed by atoms with E-state index in [4.69, 9.17) is 0 Å². The molecule has 1 aliphatic rings. The average molecular weight is 509 g/mol. The number of rotatable bonds is 10. The maximum absolute atomic E-state index is 13.2. The summed E-state index contributed by atoms with van der Waals surface area (Å²) in [6, 6.07) is 32.4. The zero-order valence-electron chi connectivity index (χ0n) is 20.9. The fraction of sp³-hybridized carbons (Fsp3) is 0.250. The molecule has 5 heteroatoms. The van der Waals surface area contributed by atoms with Crippen molar-refractivity contribution < 1.29 is 9.59 Å². The van der Waals surface area contributed by atoms with Crippen molar-refractivity contribution in [3.63, 3.8) is 0 Å². The molecular weight excluding hydrogens is 476 g/mol. The van der Waals surface area contributed by atoms with Crippen LogP contribution in [0.4, 0.5) is 0 Å². The highest BCUT2D eigenvalue weighted by Crippen LogP contribution is 2.29. The Morgan fingerprint density at radius 1 is 0.865 bits per heavy atom. The Morgan fingerprint density at radius 3 is 2.22 bits per heavy atom. The highest BCUT2D eigenvalue weighted by molar-refractivity contribution is 7.09. The number of nitrogens with zero attached hydrogens (tertiary/aromatic N) is 1. The molecule has 0 radical (unpaired) electrons. The Morgan fingerprint density at radius 2 is 1.54 bits per heavy atom. The number of thiophene rings is 1. The molecule has 0 aliphatic carbocycles. The molecule has 1 saturated heterocycles. The molecule has 0 spiro atoms. The first-order valence-electron chi connectivity index (χ1n) is 13.0. The number of aryl methyl sites for hydroxylation is 2. The molecule has 1 unspecified atom stereocenters. The van der Waals surface area contributed by atoms with Crippen LogP contribution >= 0.6 is 11.3 Å². The van der Waals surface area contributed by atoms with Crippen LogP contribution in [0.5, 0.6) is 0 Å². The number of carbonyl (C=O) groups is 2. The molecule has 3 aromatic carbocycles. The lowest BCUT2D eigenvalue weighted by atomic mass is 9.88. The first-order valence-corrected chi connectivity index (χ1v) is 13.9. The van der Waals surface area contributed by atoms with E-state index in [2.05, 4.69) is 71.4 Å². The van der Waals surface area contributed by atoms with Gasteiger partial charge in [0.05, 0.1) is 0 Å². The van der Waals surface area contributed by atoms with Gasteiger partial charge in [0.25, 0.3) is 5.91 Å². The number of likely N-dealkylation sites (tertiary alicyclic amines) is 1. The van der Waals surface area contributed by atoms with E-state index in [9.17, 15) is 9.59 Å². The molecule has 0 saturated carbocycles. The van der Waals surface area contributed by atoms with Gasteiger partial charge in [-0.15, -0.1) is 11.3 Å². The summed E-state index contributed by atoms with van der Waals surface area (Å²) < 4.78 is 0. The average Bonchev–Trinajstić information content (AvgIpc) is 3.59. The van der Waals surface area contributed by atoms with Crippen molar-refractivity contribution in [3.05, 3.63) is 130 Å². The van der Waals surface area contributed by atoms with Gasteiger partial charge in [-0.25, -0.2) is 0 Å². The van der Waals surface area contributed by atoms with Crippen molar-refractivity contribution in [3.8, 4) is 0 Å². The van der Waals surface area contributed by atoms with Gasteiger partial charge in [-0.2, -0.15) is 0 Å². The van der Waals surface area contributed by atoms with Gasteiger partial charge in [-0.3, -0.25) is 9.59 Å². The third-order valence-electron chi connectivity index (χ3n) is 7.18. The van der Waals surface area contributed by atoms with E-state index in [1.165, 1.54) is 16.0 Å². The lowest BCUT2D eigenvalue weighted by Gasteiger charge is -2.23. The molecule has 1 fully saturated rings. The molecule has 4 aromatic rings. The number of hydrogen-bond donors (Lipinski definition) is 1. The summed E-state index contributed by atoms with van der Waals surface area (Å²) >= 11 is 1.74. The van der Waals surface area contributed by atoms with Gasteiger partial charge in [0.1, 0.15) is 6.04 Å². The normalized spacial score (nSPS) is 15.3. The molecule has 1 atom stereocenters. The first kappa shape index (κ1) is 25.0. The number of nitrogens with one attached hydrogen (secondary N) is 1. The summed E-state index contributed by atoms with van der Waals surface area (Å²) in [4.78, 5) is 29.6. The van der Waals surface area contributed by atoms with Crippen LogP contribution in [-0.2, 0) is 17.6 Å². The van der Waals surface area contributed by atoms with E-state index in [1.807, 2.05) is 41.3 Å². The second-order valence-electron chi connectivity index (χ2n) is 9.54. The molecule has 2 amide bonds. The van der Waals surface area contributed by atoms with Crippen molar-refractivity contribution in [1.29, 1.82) is 0 Å². The van der Waals surface area contributed by atoms with Gasteiger partial charge < -0.3 is 10.2 Å². The fourth-order valence-corrected chi connectivity index (χ4v) is 5.89. The van der Waals surface area contributed by atoms with Gasteiger partial charge in [0, 0.05) is 29.4 Å². The summed E-state index contributed by atoms with van der Waals surface area (Å²) in [5.41, 5.74) is 4.19. The molecule has 2 heterocycles. The Kier molecular flexibility index (Phi) is 8.11. The molecule has 1 aromatic heterocycles. The van der Waals surface area contributed by atoms with Crippen LogP contribution < -0.4 is 5.32 Å². The third kappa shape index (κ3) is 6.17. The molecule has 37 heavy (non-hydrogen) atoms. The van der Waals surface area contributed by atoms with Crippen LogP contribution in [-0.4, -0.2) is 35.8 Å². The summed E-state index contributed by atoms with van der Waals surface area (Å²) in [5, 5.41) is 5.11. The molecule has 1 aliphatic heterocycles. The van der Waals surface area contributed by atoms with E-state index in [1.54, 1.807) is 11.3 Å². The number of amides is 2. The van der Waals surface area contributed by atoms with Crippen molar-refractivity contribution in [1.82, 2.24) is 10.2 Å². The minimum atomic E-state index is -0.468. The molecule has 4 nitrogen and oxygen atoms in total. The fourth-order valence-electron chi connectivity index (χ4n) is 5.18. The Hall–Kier alpha value is -3.70. The number of hydrogen-bond acceptors (Lipinski definition) is 3. The van der Waals surface area contributed by atoms with Gasteiger partial charge in [-0.05, 0) is 59.9 Å². The van der Waals surface area contributed by atoms with Crippen LogP contribution in [0.15, 0.2) is 102 Å². The Labute approximate surface area is 223 Å².